The molecule has 0 aliphatic carbocycles. The minimum absolute atomic E-state index is 0.212. The van der Waals surface area contributed by atoms with Crippen LogP contribution in [-0.2, 0) is 0 Å². The Bertz CT molecular complexity index is 407. The Hall–Kier alpha value is -1.33. The normalized spacial score (nSPS) is 13.0. The topological polar surface area (TPSA) is 36.7 Å². The summed E-state index contributed by atoms with van der Waals surface area (Å²) in [6.07, 6.45) is 3.30. The standard InChI is InChI=1S/C12H13ClN2/c1-12(2,3)11(13)10(8-14)9-4-6-15-7-5-9/h4-7H,1-3H3/b11-10+. The van der Waals surface area contributed by atoms with E-state index in [1.165, 1.54) is 0 Å². The molecule has 0 amide bonds. The van der Waals surface area contributed by atoms with Gasteiger partial charge in [-0.1, -0.05) is 32.4 Å². The van der Waals surface area contributed by atoms with Crippen LogP contribution in [0.3, 0.4) is 0 Å². The zero-order chi connectivity index (χ0) is 11.5. The van der Waals surface area contributed by atoms with Crippen molar-refractivity contribution in [2.24, 2.45) is 5.41 Å². The lowest BCUT2D eigenvalue weighted by Crippen LogP contribution is -2.06. The first-order valence-corrected chi connectivity index (χ1v) is 5.05. The largest absolute Gasteiger partial charge is 0.265 e. The highest BCUT2D eigenvalue weighted by atomic mass is 35.5. The third-order valence-corrected chi connectivity index (χ3v) is 2.71. The van der Waals surface area contributed by atoms with Crippen molar-refractivity contribution < 1.29 is 0 Å². The highest BCUT2D eigenvalue weighted by Gasteiger charge is 2.20. The summed E-state index contributed by atoms with van der Waals surface area (Å²) in [6, 6.07) is 5.71. The zero-order valence-electron chi connectivity index (χ0n) is 9.08. The van der Waals surface area contributed by atoms with Crippen molar-refractivity contribution in [2.45, 2.75) is 20.8 Å². The summed E-state index contributed by atoms with van der Waals surface area (Å²) >= 11 is 6.19. The fourth-order valence-electron chi connectivity index (χ4n) is 1.13. The maximum atomic E-state index is 9.10. The first kappa shape index (κ1) is 11.7. The SMILES string of the molecule is CC(C)(C)/C(Cl)=C(/C#N)c1ccncc1. The van der Waals surface area contributed by atoms with Gasteiger partial charge in [-0.05, 0) is 23.1 Å². The van der Waals surface area contributed by atoms with Crippen molar-refractivity contribution in [3.05, 3.63) is 35.1 Å². The highest BCUT2D eigenvalue weighted by molar-refractivity contribution is 6.34. The van der Waals surface area contributed by atoms with Gasteiger partial charge in [-0.15, -0.1) is 0 Å². The molecule has 0 aromatic carbocycles. The van der Waals surface area contributed by atoms with Gasteiger partial charge in [0.05, 0.1) is 5.57 Å². The summed E-state index contributed by atoms with van der Waals surface area (Å²) in [6.45, 7) is 5.94. The van der Waals surface area contributed by atoms with Crippen LogP contribution in [0.1, 0.15) is 26.3 Å². The number of halogens is 1. The lowest BCUT2D eigenvalue weighted by atomic mass is 9.91. The Labute approximate surface area is 95.2 Å². The van der Waals surface area contributed by atoms with Crippen LogP contribution in [0.2, 0.25) is 0 Å². The smallest absolute Gasteiger partial charge is 0.101 e. The third kappa shape index (κ3) is 2.81. The van der Waals surface area contributed by atoms with Crippen LogP contribution in [0, 0.1) is 16.7 Å². The molecule has 0 unspecified atom stereocenters. The molecule has 3 heteroatoms. The van der Waals surface area contributed by atoms with Gasteiger partial charge in [-0.3, -0.25) is 4.98 Å². The maximum absolute atomic E-state index is 9.10. The van der Waals surface area contributed by atoms with E-state index in [9.17, 15) is 0 Å². The van der Waals surface area contributed by atoms with Gasteiger partial charge >= 0.3 is 0 Å². The van der Waals surface area contributed by atoms with Crippen LogP contribution in [0.25, 0.3) is 5.57 Å². The van der Waals surface area contributed by atoms with Gasteiger partial charge in [0.2, 0.25) is 0 Å². The lowest BCUT2D eigenvalue weighted by molar-refractivity contribution is 0.533. The molecule has 78 valence electrons. The van der Waals surface area contributed by atoms with E-state index in [0.29, 0.717) is 10.6 Å². The van der Waals surface area contributed by atoms with Gasteiger partial charge in [0.15, 0.2) is 0 Å². The molecule has 0 radical (unpaired) electrons. The molecule has 0 N–H and O–H groups in total. The third-order valence-electron chi connectivity index (χ3n) is 1.96. The molecule has 0 saturated carbocycles. The fraction of sp³-hybridized carbons (Fsp3) is 0.333. The summed E-state index contributed by atoms with van der Waals surface area (Å²) in [5, 5.41) is 9.68. The van der Waals surface area contributed by atoms with E-state index in [2.05, 4.69) is 11.1 Å². The van der Waals surface area contributed by atoms with Crippen molar-refractivity contribution in [3.63, 3.8) is 0 Å². The molecule has 2 nitrogen and oxygen atoms in total. The number of hydrogen-bond donors (Lipinski definition) is 0. The van der Waals surface area contributed by atoms with Crippen molar-refractivity contribution in [3.8, 4) is 6.07 Å². The van der Waals surface area contributed by atoms with Crippen LogP contribution in [0.5, 0.6) is 0 Å². The van der Waals surface area contributed by atoms with Gasteiger partial charge < -0.3 is 0 Å². The van der Waals surface area contributed by atoms with Gasteiger partial charge in [0.1, 0.15) is 6.07 Å². The predicted molar refractivity (Wildman–Crippen MR) is 62.1 cm³/mol. The minimum Gasteiger partial charge on any atom is -0.265 e. The molecule has 1 rings (SSSR count). The van der Waals surface area contributed by atoms with Crippen LogP contribution in [0.4, 0.5) is 0 Å². The second-order valence-electron chi connectivity index (χ2n) is 4.29. The monoisotopic (exact) mass is 220 g/mol. The molecule has 0 bridgehead atoms. The van der Waals surface area contributed by atoms with Crippen molar-refractivity contribution in [1.82, 2.24) is 4.98 Å². The molecule has 1 aromatic rings. The fourth-order valence-corrected chi connectivity index (χ4v) is 1.29. The van der Waals surface area contributed by atoms with E-state index in [1.54, 1.807) is 24.5 Å². The van der Waals surface area contributed by atoms with Gasteiger partial charge in [0.25, 0.3) is 0 Å². The number of allylic oxidation sites excluding steroid dienone is 2. The van der Waals surface area contributed by atoms with Gasteiger partial charge in [-0.25, -0.2) is 0 Å². The van der Waals surface area contributed by atoms with Crippen LogP contribution < -0.4 is 0 Å². The summed E-state index contributed by atoms with van der Waals surface area (Å²) in [7, 11) is 0. The molecule has 0 aliphatic heterocycles. The molecular weight excluding hydrogens is 208 g/mol. The molecule has 0 fully saturated rings. The van der Waals surface area contributed by atoms with Crippen LogP contribution in [0.15, 0.2) is 29.6 Å². The van der Waals surface area contributed by atoms with Crippen LogP contribution >= 0.6 is 11.6 Å². The Balaban J connectivity index is 3.28. The average molecular weight is 221 g/mol. The Morgan fingerprint density at radius 3 is 2.27 bits per heavy atom. The number of aromatic nitrogens is 1. The maximum Gasteiger partial charge on any atom is 0.101 e. The summed E-state index contributed by atoms with van der Waals surface area (Å²) < 4.78 is 0. The van der Waals surface area contributed by atoms with Crippen molar-refractivity contribution >= 4 is 17.2 Å². The van der Waals surface area contributed by atoms with E-state index >= 15 is 0 Å². The number of nitrogens with zero attached hydrogens (tertiary/aromatic N) is 2. The molecule has 0 aliphatic rings. The van der Waals surface area contributed by atoms with Crippen molar-refractivity contribution in [2.75, 3.05) is 0 Å². The number of pyridine rings is 1. The summed E-state index contributed by atoms with van der Waals surface area (Å²) in [4.78, 5) is 3.91. The van der Waals surface area contributed by atoms with E-state index in [1.807, 2.05) is 20.8 Å². The first-order chi connectivity index (χ1) is 6.96. The molecule has 1 heterocycles. The zero-order valence-corrected chi connectivity index (χ0v) is 9.84. The molecule has 0 saturated heterocycles. The van der Waals surface area contributed by atoms with E-state index < -0.39 is 0 Å². The Morgan fingerprint density at radius 2 is 1.87 bits per heavy atom. The molecule has 0 spiro atoms. The second-order valence-corrected chi connectivity index (χ2v) is 4.66. The molecule has 1 aromatic heterocycles. The molecule has 15 heavy (non-hydrogen) atoms. The van der Waals surface area contributed by atoms with E-state index in [4.69, 9.17) is 16.9 Å². The first-order valence-electron chi connectivity index (χ1n) is 4.67. The Kier molecular flexibility index (Phi) is 3.49. The quantitative estimate of drug-likeness (QED) is 0.678. The van der Waals surface area contributed by atoms with Crippen molar-refractivity contribution in [1.29, 1.82) is 5.26 Å². The van der Waals surface area contributed by atoms with Gasteiger partial charge in [-0.2, -0.15) is 5.26 Å². The molecule has 0 atom stereocenters. The summed E-state index contributed by atoms with van der Waals surface area (Å²) in [5.41, 5.74) is 1.12. The number of rotatable bonds is 1. The van der Waals surface area contributed by atoms with Gasteiger partial charge in [0, 0.05) is 17.4 Å². The molecular formula is C12H13ClN2. The van der Waals surface area contributed by atoms with E-state index in [-0.39, 0.29) is 5.41 Å². The van der Waals surface area contributed by atoms with Crippen LogP contribution in [-0.4, -0.2) is 4.98 Å². The Morgan fingerprint density at radius 1 is 1.33 bits per heavy atom. The lowest BCUT2D eigenvalue weighted by Gasteiger charge is -2.18. The second kappa shape index (κ2) is 4.46. The number of hydrogen-bond acceptors (Lipinski definition) is 2. The van der Waals surface area contributed by atoms with E-state index in [0.717, 1.165) is 5.56 Å². The summed E-state index contributed by atoms with van der Waals surface area (Å²) in [5.74, 6) is 0. The minimum atomic E-state index is -0.212. The predicted octanol–water partition coefficient (Wildman–Crippen LogP) is 3.60. The highest BCUT2D eigenvalue weighted by Crippen LogP contribution is 2.34. The average Bonchev–Trinajstić information content (AvgIpc) is 2.19. The number of nitriles is 1.